The van der Waals surface area contributed by atoms with E-state index in [2.05, 4.69) is 0 Å². The lowest BCUT2D eigenvalue weighted by atomic mass is 10.1. The summed E-state index contributed by atoms with van der Waals surface area (Å²) < 4.78 is 17.5. The van der Waals surface area contributed by atoms with Crippen molar-refractivity contribution < 1.29 is 13.9 Å². The van der Waals surface area contributed by atoms with Gasteiger partial charge in [0.05, 0.1) is 18.5 Å². The summed E-state index contributed by atoms with van der Waals surface area (Å²) in [6.45, 7) is 6.14. The molecule has 0 aliphatic carbocycles. The Labute approximate surface area is 109 Å². The second kappa shape index (κ2) is 10.9. The van der Waals surface area contributed by atoms with Crippen LogP contribution in [0.15, 0.2) is 0 Å². The largest absolute Gasteiger partial charge is 0.465 e. The molecule has 1 unspecified atom stereocenters. The number of thioether (sulfide) groups is 1. The Hall–Kier alpha value is -0.250. The minimum atomic E-state index is -0.686. The molecule has 0 radical (unpaired) electrons. The first-order valence-electron chi connectivity index (χ1n) is 6.39. The van der Waals surface area contributed by atoms with E-state index in [1.54, 1.807) is 18.7 Å². The standard InChI is InChI=1S/C13H25FO2S/c1-11(2)9-16-13(15)10-17-8-6-4-5-7-12(3)14/h11-12H,4-10H2,1-3H3. The van der Waals surface area contributed by atoms with Crippen LogP contribution in [0.3, 0.4) is 0 Å². The topological polar surface area (TPSA) is 26.3 Å². The first kappa shape index (κ1) is 16.8. The molecule has 0 bridgehead atoms. The van der Waals surface area contributed by atoms with Gasteiger partial charge in [0.25, 0.3) is 0 Å². The van der Waals surface area contributed by atoms with Crippen LogP contribution in [-0.2, 0) is 9.53 Å². The van der Waals surface area contributed by atoms with Gasteiger partial charge in [-0.3, -0.25) is 4.79 Å². The molecule has 0 amide bonds. The van der Waals surface area contributed by atoms with E-state index in [-0.39, 0.29) is 5.97 Å². The highest BCUT2D eigenvalue weighted by atomic mass is 32.2. The van der Waals surface area contributed by atoms with Gasteiger partial charge in [-0.2, -0.15) is 11.8 Å². The van der Waals surface area contributed by atoms with E-state index >= 15 is 0 Å². The molecule has 0 spiro atoms. The molecule has 0 saturated carbocycles. The molecule has 4 heteroatoms. The third-order valence-corrected chi connectivity index (χ3v) is 3.21. The highest BCUT2D eigenvalue weighted by Crippen LogP contribution is 2.10. The Balaban J connectivity index is 3.19. The maximum absolute atomic E-state index is 12.5. The van der Waals surface area contributed by atoms with Crippen molar-refractivity contribution in [3.05, 3.63) is 0 Å². The smallest absolute Gasteiger partial charge is 0.315 e. The first-order chi connectivity index (χ1) is 8.02. The van der Waals surface area contributed by atoms with Gasteiger partial charge in [-0.25, -0.2) is 4.39 Å². The monoisotopic (exact) mass is 264 g/mol. The second-order valence-electron chi connectivity index (χ2n) is 4.76. The van der Waals surface area contributed by atoms with E-state index in [4.69, 9.17) is 4.74 Å². The molecule has 0 aromatic rings. The summed E-state index contributed by atoms with van der Waals surface area (Å²) in [6.07, 6.45) is 3.00. The first-order valence-corrected chi connectivity index (χ1v) is 7.55. The van der Waals surface area contributed by atoms with Gasteiger partial charge in [-0.05, 0) is 31.4 Å². The maximum atomic E-state index is 12.5. The maximum Gasteiger partial charge on any atom is 0.315 e. The lowest BCUT2D eigenvalue weighted by Crippen LogP contribution is -2.12. The van der Waals surface area contributed by atoms with Gasteiger partial charge in [0, 0.05) is 0 Å². The summed E-state index contributed by atoms with van der Waals surface area (Å²) in [7, 11) is 0. The molecule has 0 rings (SSSR count). The number of alkyl halides is 1. The highest BCUT2D eigenvalue weighted by Gasteiger charge is 2.04. The number of rotatable bonds is 10. The number of carbonyl (C=O) groups is 1. The van der Waals surface area contributed by atoms with Crippen LogP contribution in [0.2, 0.25) is 0 Å². The molecule has 0 aliphatic heterocycles. The summed E-state index contributed by atoms with van der Waals surface area (Å²) in [5.74, 6) is 1.66. The number of halogens is 1. The lowest BCUT2D eigenvalue weighted by Gasteiger charge is -2.06. The molecule has 0 saturated heterocycles. The Morgan fingerprint density at radius 3 is 2.53 bits per heavy atom. The Morgan fingerprint density at radius 1 is 1.24 bits per heavy atom. The minimum absolute atomic E-state index is 0.124. The number of unbranched alkanes of at least 4 members (excludes halogenated alkanes) is 2. The van der Waals surface area contributed by atoms with Crippen LogP contribution in [0.25, 0.3) is 0 Å². The predicted molar refractivity (Wildman–Crippen MR) is 72.2 cm³/mol. The van der Waals surface area contributed by atoms with Crippen molar-refractivity contribution in [1.29, 1.82) is 0 Å². The number of esters is 1. The van der Waals surface area contributed by atoms with E-state index in [0.717, 1.165) is 25.0 Å². The predicted octanol–water partition coefficient (Wildman–Crippen LogP) is 3.84. The van der Waals surface area contributed by atoms with Crippen molar-refractivity contribution in [2.24, 2.45) is 5.92 Å². The Morgan fingerprint density at radius 2 is 1.94 bits per heavy atom. The zero-order valence-electron chi connectivity index (χ0n) is 11.2. The zero-order chi connectivity index (χ0) is 13.1. The molecule has 102 valence electrons. The van der Waals surface area contributed by atoms with Crippen molar-refractivity contribution in [1.82, 2.24) is 0 Å². The lowest BCUT2D eigenvalue weighted by molar-refractivity contribution is -0.141. The fraction of sp³-hybridized carbons (Fsp3) is 0.923. The van der Waals surface area contributed by atoms with Crippen LogP contribution in [-0.4, -0.2) is 30.3 Å². The molecule has 1 atom stereocenters. The van der Waals surface area contributed by atoms with E-state index in [0.29, 0.717) is 24.7 Å². The van der Waals surface area contributed by atoms with Gasteiger partial charge in [0.15, 0.2) is 0 Å². The van der Waals surface area contributed by atoms with Crippen molar-refractivity contribution in [2.45, 2.75) is 52.6 Å². The van der Waals surface area contributed by atoms with E-state index < -0.39 is 6.17 Å². The Kier molecular flexibility index (Phi) is 10.7. The molecule has 0 aliphatic rings. The summed E-state index contributed by atoms with van der Waals surface area (Å²) >= 11 is 1.60. The molecular weight excluding hydrogens is 239 g/mol. The van der Waals surface area contributed by atoms with Crippen LogP contribution in [0.1, 0.15) is 46.5 Å². The van der Waals surface area contributed by atoms with Crippen LogP contribution >= 0.6 is 11.8 Å². The van der Waals surface area contributed by atoms with Crippen molar-refractivity contribution in [3.63, 3.8) is 0 Å². The van der Waals surface area contributed by atoms with Crippen LogP contribution in [0, 0.1) is 5.92 Å². The molecule has 0 aromatic heterocycles. The van der Waals surface area contributed by atoms with E-state index in [1.807, 2.05) is 13.8 Å². The van der Waals surface area contributed by atoms with E-state index in [9.17, 15) is 9.18 Å². The normalized spacial score (nSPS) is 12.8. The highest BCUT2D eigenvalue weighted by molar-refractivity contribution is 7.99. The van der Waals surface area contributed by atoms with Crippen molar-refractivity contribution in [2.75, 3.05) is 18.1 Å². The number of carbonyl (C=O) groups excluding carboxylic acids is 1. The molecule has 0 N–H and O–H groups in total. The number of hydrogen-bond acceptors (Lipinski definition) is 3. The quantitative estimate of drug-likeness (QED) is 0.443. The van der Waals surface area contributed by atoms with Gasteiger partial charge in [-0.15, -0.1) is 0 Å². The third-order valence-electron chi connectivity index (χ3n) is 2.19. The van der Waals surface area contributed by atoms with Crippen LogP contribution in [0.5, 0.6) is 0 Å². The van der Waals surface area contributed by atoms with Gasteiger partial charge in [-0.1, -0.05) is 26.7 Å². The summed E-state index contributed by atoms with van der Waals surface area (Å²) in [6, 6.07) is 0. The second-order valence-corrected chi connectivity index (χ2v) is 5.86. The van der Waals surface area contributed by atoms with Crippen molar-refractivity contribution in [3.8, 4) is 0 Å². The van der Waals surface area contributed by atoms with Gasteiger partial charge >= 0.3 is 5.97 Å². The average Bonchev–Trinajstić information content (AvgIpc) is 2.24. The third kappa shape index (κ3) is 13.7. The summed E-state index contributed by atoms with van der Waals surface area (Å²) in [4.78, 5) is 11.2. The number of ether oxygens (including phenoxy) is 1. The summed E-state index contributed by atoms with van der Waals surface area (Å²) in [5.41, 5.74) is 0. The fourth-order valence-electron chi connectivity index (χ4n) is 1.26. The zero-order valence-corrected chi connectivity index (χ0v) is 12.0. The molecule has 17 heavy (non-hydrogen) atoms. The summed E-state index contributed by atoms with van der Waals surface area (Å²) in [5, 5.41) is 0. The Bertz CT molecular complexity index is 196. The molecule has 0 aromatic carbocycles. The van der Waals surface area contributed by atoms with Crippen molar-refractivity contribution >= 4 is 17.7 Å². The molecule has 0 heterocycles. The molecule has 2 nitrogen and oxygen atoms in total. The SMILES string of the molecule is CC(C)COC(=O)CSCCCCCC(C)F. The molecule has 0 fully saturated rings. The molecular formula is C13H25FO2S. The van der Waals surface area contributed by atoms with Crippen LogP contribution < -0.4 is 0 Å². The van der Waals surface area contributed by atoms with Crippen LogP contribution in [0.4, 0.5) is 4.39 Å². The van der Waals surface area contributed by atoms with Gasteiger partial charge in [0.1, 0.15) is 0 Å². The van der Waals surface area contributed by atoms with Gasteiger partial charge in [0.2, 0.25) is 0 Å². The average molecular weight is 264 g/mol. The van der Waals surface area contributed by atoms with E-state index in [1.165, 1.54) is 0 Å². The number of hydrogen-bond donors (Lipinski definition) is 0. The van der Waals surface area contributed by atoms with Gasteiger partial charge < -0.3 is 4.74 Å². The fourth-order valence-corrected chi connectivity index (χ4v) is 2.07. The minimum Gasteiger partial charge on any atom is -0.465 e.